The minimum atomic E-state index is -1.24. The number of ether oxygens (including phenoxy) is 4. The summed E-state index contributed by atoms with van der Waals surface area (Å²) in [4.78, 5) is 48.3. The third-order valence-corrected chi connectivity index (χ3v) is 4.53. The molecule has 0 aliphatic carbocycles. The van der Waals surface area contributed by atoms with E-state index < -0.39 is 52.8 Å². The van der Waals surface area contributed by atoms with E-state index in [0.29, 0.717) is 0 Å². The summed E-state index contributed by atoms with van der Waals surface area (Å²) < 4.78 is 20.5. The summed E-state index contributed by atoms with van der Waals surface area (Å²) in [5.41, 5.74) is 8.78. The number of nitrogens with zero attached hydrogens (tertiary/aromatic N) is 3. The molecular formula is C14H19N3O8S. The van der Waals surface area contributed by atoms with Gasteiger partial charge in [0.15, 0.2) is 18.3 Å². The van der Waals surface area contributed by atoms with Crippen molar-refractivity contribution in [3.8, 4) is 0 Å². The number of esters is 4. The number of hydrogen-bond donors (Lipinski definition) is 0. The lowest BCUT2D eigenvalue weighted by molar-refractivity contribution is -0.185. The van der Waals surface area contributed by atoms with Crippen molar-refractivity contribution in [2.24, 2.45) is 5.11 Å². The molecule has 0 N–H and O–H groups in total. The molecule has 0 radical (unpaired) electrons. The van der Waals surface area contributed by atoms with Crippen molar-refractivity contribution < 1.29 is 38.1 Å². The third kappa shape index (κ3) is 6.45. The van der Waals surface area contributed by atoms with Gasteiger partial charge in [0.25, 0.3) is 0 Å². The second-order valence-corrected chi connectivity index (χ2v) is 6.66. The van der Waals surface area contributed by atoms with Crippen molar-refractivity contribution >= 4 is 35.6 Å². The Morgan fingerprint density at radius 2 is 1.38 bits per heavy atom. The SMILES string of the molecule is CC(=O)OC[C@H]1S[C@H](N=[N+]=[N-])[C@H](OC(C)=O)[C@@H](OC(C)=O)[C@@H]1OC(C)=O. The van der Waals surface area contributed by atoms with Gasteiger partial charge in [0.1, 0.15) is 12.0 Å². The maximum Gasteiger partial charge on any atom is 0.303 e. The molecule has 0 amide bonds. The van der Waals surface area contributed by atoms with Crippen LogP contribution in [0.15, 0.2) is 5.11 Å². The molecule has 12 heteroatoms. The highest BCUT2D eigenvalue weighted by atomic mass is 32.2. The lowest BCUT2D eigenvalue weighted by Crippen LogP contribution is -2.58. The molecule has 0 saturated carbocycles. The van der Waals surface area contributed by atoms with E-state index in [2.05, 4.69) is 10.0 Å². The molecule has 1 rings (SSSR count). The van der Waals surface area contributed by atoms with E-state index in [1.165, 1.54) is 6.92 Å². The molecule has 26 heavy (non-hydrogen) atoms. The lowest BCUT2D eigenvalue weighted by atomic mass is 10.0. The summed E-state index contributed by atoms with van der Waals surface area (Å²) in [7, 11) is 0. The van der Waals surface area contributed by atoms with Gasteiger partial charge >= 0.3 is 23.9 Å². The number of rotatable bonds is 6. The van der Waals surface area contributed by atoms with Crippen molar-refractivity contribution in [2.75, 3.05) is 6.61 Å². The van der Waals surface area contributed by atoms with Gasteiger partial charge in [-0.05, 0) is 5.53 Å². The van der Waals surface area contributed by atoms with Crippen LogP contribution in [0.2, 0.25) is 0 Å². The van der Waals surface area contributed by atoms with Gasteiger partial charge in [-0.15, -0.1) is 11.8 Å². The van der Waals surface area contributed by atoms with Crippen LogP contribution in [0.5, 0.6) is 0 Å². The first kappa shape index (κ1) is 21.6. The molecule has 5 atom stereocenters. The van der Waals surface area contributed by atoms with Gasteiger partial charge < -0.3 is 18.9 Å². The van der Waals surface area contributed by atoms with Crippen LogP contribution < -0.4 is 0 Å². The Kier molecular flexibility index (Phi) is 8.20. The number of thioether (sulfide) groups is 1. The predicted molar refractivity (Wildman–Crippen MR) is 87.6 cm³/mol. The van der Waals surface area contributed by atoms with Crippen LogP contribution in [0.3, 0.4) is 0 Å². The van der Waals surface area contributed by atoms with Crippen LogP contribution in [-0.2, 0) is 38.1 Å². The number of carbonyl (C=O) groups is 4. The normalized spacial score (nSPS) is 27.5. The fourth-order valence-electron chi connectivity index (χ4n) is 2.35. The number of carbonyl (C=O) groups excluding carboxylic acids is 4. The molecular weight excluding hydrogens is 370 g/mol. The third-order valence-electron chi connectivity index (χ3n) is 3.13. The van der Waals surface area contributed by atoms with Crippen LogP contribution in [0, 0.1) is 0 Å². The number of hydrogen-bond acceptors (Lipinski definition) is 10. The van der Waals surface area contributed by atoms with Crippen molar-refractivity contribution in [3.63, 3.8) is 0 Å². The molecule has 1 aliphatic rings. The van der Waals surface area contributed by atoms with Crippen LogP contribution in [-0.4, -0.2) is 59.4 Å². The van der Waals surface area contributed by atoms with Gasteiger partial charge in [0.05, 0.1) is 5.25 Å². The van der Waals surface area contributed by atoms with Gasteiger partial charge in [-0.3, -0.25) is 19.2 Å². The fraction of sp³-hybridized carbons (Fsp3) is 0.714. The van der Waals surface area contributed by atoms with Gasteiger partial charge in [-0.1, -0.05) is 5.11 Å². The summed E-state index contributed by atoms with van der Waals surface area (Å²) in [6, 6.07) is 0. The standard InChI is InChI=1S/C14H19N3O8S/c1-6(18)22-5-10-11(23-7(2)19)12(24-8(3)20)13(25-9(4)21)14(26-10)16-17-15/h10-14H,5H2,1-4H3/t10-,11-,12+,13-,14+/m1/s1. The average molecular weight is 389 g/mol. The molecule has 1 saturated heterocycles. The summed E-state index contributed by atoms with van der Waals surface area (Å²) in [6.45, 7) is 4.42. The highest BCUT2D eigenvalue weighted by Crippen LogP contribution is 2.38. The van der Waals surface area contributed by atoms with E-state index in [9.17, 15) is 19.2 Å². The highest BCUT2D eigenvalue weighted by Gasteiger charge is 2.51. The molecule has 1 heterocycles. The second kappa shape index (κ2) is 9.88. The zero-order chi connectivity index (χ0) is 19.9. The van der Waals surface area contributed by atoms with E-state index in [4.69, 9.17) is 24.5 Å². The maximum atomic E-state index is 11.5. The Balaban J connectivity index is 3.28. The first-order chi connectivity index (χ1) is 12.1. The Morgan fingerprint density at radius 3 is 1.85 bits per heavy atom. The first-order valence-electron chi connectivity index (χ1n) is 7.50. The molecule has 0 bridgehead atoms. The Morgan fingerprint density at radius 1 is 0.885 bits per heavy atom. The maximum absolute atomic E-state index is 11.5. The quantitative estimate of drug-likeness (QED) is 0.213. The summed E-state index contributed by atoms with van der Waals surface area (Å²) >= 11 is 0.986. The number of azide groups is 1. The van der Waals surface area contributed by atoms with Crippen LogP contribution in [0.1, 0.15) is 27.7 Å². The Labute approximate surface area is 153 Å². The van der Waals surface area contributed by atoms with Crippen molar-refractivity contribution in [1.82, 2.24) is 0 Å². The largest absolute Gasteiger partial charge is 0.465 e. The second-order valence-electron chi connectivity index (χ2n) is 5.29. The Bertz CT molecular complexity index is 621. The topological polar surface area (TPSA) is 154 Å². The van der Waals surface area contributed by atoms with Crippen LogP contribution >= 0.6 is 11.8 Å². The minimum absolute atomic E-state index is 0.194. The molecule has 1 fully saturated rings. The van der Waals surface area contributed by atoms with Crippen molar-refractivity contribution in [2.45, 2.75) is 56.6 Å². The summed E-state index contributed by atoms with van der Waals surface area (Å²) in [6.07, 6.45) is -3.51. The van der Waals surface area contributed by atoms with Gasteiger partial charge in [-0.25, -0.2) is 0 Å². The first-order valence-corrected chi connectivity index (χ1v) is 8.44. The molecule has 0 aromatic carbocycles. The van der Waals surface area contributed by atoms with Crippen molar-refractivity contribution in [1.29, 1.82) is 0 Å². The van der Waals surface area contributed by atoms with Gasteiger partial charge in [0, 0.05) is 32.6 Å². The lowest BCUT2D eigenvalue weighted by Gasteiger charge is -2.42. The average Bonchev–Trinajstić information content (AvgIpc) is 2.50. The van der Waals surface area contributed by atoms with E-state index in [0.717, 1.165) is 32.5 Å². The van der Waals surface area contributed by atoms with E-state index in [1.807, 2.05) is 0 Å². The zero-order valence-electron chi connectivity index (χ0n) is 14.6. The monoisotopic (exact) mass is 389 g/mol. The minimum Gasteiger partial charge on any atom is -0.465 e. The Hall–Kier alpha value is -2.46. The van der Waals surface area contributed by atoms with Crippen LogP contribution in [0.25, 0.3) is 10.4 Å². The zero-order valence-corrected chi connectivity index (χ0v) is 15.4. The molecule has 0 unspecified atom stereocenters. The van der Waals surface area contributed by atoms with E-state index in [-0.39, 0.29) is 6.61 Å². The predicted octanol–water partition coefficient (Wildman–Crippen LogP) is 1.10. The molecule has 11 nitrogen and oxygen atoms in total. The highest BCUT2D eigenvalue weighted by molar-refractivity contribution is 8.00. The van der Waals surface area contributed by atoms with Crippen molar-refractivity contribution in [3.05, 3.63) is 10.4 Å². The van der Waals surface area contributed by atoms with E-state index in [1.54, 1.807) is 0 Å². The summed E-state index contributed by atoms with van der Waals surface area (Å²) in [5.74, 6) is -2.67. The fourth-order valence-corrected chi connectivity index (χ4v) is 3.68. The summed E-state index contributed by atoms with van der Waals surface area (Å²) in [5, 5.41) is 1.86. The molecule has 0 aromatic heterocycles. The molecule has 0 spiro atoms. The molecule has 1 aliphatic heterocycles. The van der Waals surface area contributed by atoms with E-state index >= 15 is 0 Å². The smallest absolute Gasteiger partial charge is 0.303 e. The molecule has 0 aromatic rings. The van der Waals surface area contributed by atoms with Gasteiger partial charge in [-0.2, -0.15) is 0 Å². The molecule has 144 valence electrons. The van der Waals surface area contributed by atoms with Crippen LogP contribution in [0.4, 0.5) is 0 Å². The van der Waals surface area contributed by atoms with Gasteiger partial charge in [0.2, 0.25) is 0 Å².